The Hall–Kier alpha value is -2.64. The molecule has 1 aliphatic carbocycles. The highest BCUT2D eigenvalue weighted by Gasteiger charge is 2.21. The second-order valence-electron chi connectivity index (χ2n) is 8.37. The van der Waals surface area contributed by atoms with E-state index in [0.29, 0.717) is 6.54 Å². The van der Waals surface area contributed by atoms with Gasteiger partial charge in [-0.1, -0.05) is 62.0 Å². The minimum absolute atomic E-state index is 0.0894. The van der Waals surface area contributed by atoms with Gasteiger partial charge in [-0.05, 0) is 50.2 Å². The number of anilines is 1. The van der Waals surface area contributed by atoms with Crippen LogP contribution >= 0.6 is 11.8 Å². The number of fused-ring (bicyclic) bond motifs is 2. The van der Waals surface area contributed by atoms with Crippen molar-refractivity contribution in [1.82, 2.24) is 14.5 Å². The molecule has 33 heavy (non-hydrogen) atoms. The number of nitrogens with one attached hydrogen (secondary N) is 1. The molecule has 0 spiro atoms. The van der Waals surface area contributed by atoms with Gasteiger partial charge in [-0.15, -0.1) is 0 Å². The summed E-state index contributed by atoms with van der Waals surface area (Å²) in [7, 11) is 0. The Morgan fingerprint density at radius 2 is 1.85 bits per heavy atom. The average molecular weight is 465 g/mol. The fraction of sp³-hybridized carbons (Fsp3) is 0.423. The molecular formula is C26H32N4O2S. The molecule has 0 fully saturated rings. The van der Waals surface area contributed by atoms with E-state index in [1.165, 1.54) is 11.8 Å². The fourth-order valence-electron chi connectivity index (χ4n) is 4.53. The number of aromatic nitrogens is 2. The molecule has 1 aliphatic rings. The average Bonchev–Trinajstić information content (AvgIpc) is 2.84. The van der Waals surface area contributed by atoms with Crippen molar-refractivity contribution < 1.29 is 4.79 Å². The predicted molar refractivity (Wildman–Crippen MR) is 136 cm³/mol. The smallest absolute Gasteiger partial charge is 0.325 e. The van der Waals surface area contributed by atoms with Crippen molar-refractivity contribution in [2.45, 2.75) is 51.1 Å². The molecule has 0 aliphatic heterocycles. The summed E-state index contributed by atoms with van der Waals surface area (Å²) in [6, 6.07) is 13.9. The third-order valence-corrected chi connectivity index (χ3v) is 7.41. The lowest BCUT2D eigenvalue weighted by Gasteiger charge is -2.24. The van der Waals surface area contributed by atoms with Gasteiger partial charge in [0.25, 0.3) is 0 Å². The van der Waals surface area contributed by atoms with E-state index < -0.39 is 0 Å². The number of thioether (sulfide) groups is 1. The molecule has 1 aromatic heterocycles. The van der Waals surface area contributed by atoms with Gasteiger partial charge in [-0.25, -0.2) is 4.79 Å². The highest BCUT2D eigenvalue weighted by molar-refractivity contribution is 8.00. The number of hydrogen-bond donors (Lipinski definition) is 1. The van der Waals surface area contributed by atoms with Crippen LogP contribution in [0.4, 0.5) is 5.69 Å². The van der Waals surface area contributed by atoms with Crippen LogP contribution in [0.1, 0.15) is 37.9 Å². The van der Waals surface area contributed by atoms with Gasteiger partial charge in [0.2, 0.25) is 5.91 Å². The van der Waals surface area contributed by atoms with Crippen LogP contribution in [0.25, 0.3) is 10.8 Å². The number of likely N-dealkylation sites (N-methyl/N-ethyl adjacent to an activating group) is 1. The van der Waals surface area contributed by atoms with Gasteiger partial charge in [0, 0.05) is 35.4 Å². The summed E-state index contributed by atoms with van der Waals surface area (Å²) in [5.74, 6) is 0.138. The van der Waals surface area contributed by atoms with E-state index in [2.05, 4.69) is 29.0 Å². The third kappa shape index (κ3) is 5.47. The van der Waals surface area contributed by atoms with Crippen LogP contribution in [-0.2, 0) is 24.2 Å². The number of hydrogen-bond acceptors (Lipinski definition) is 5. The zero-order chi connectivity index (χ0) is 23.2. The van der Waals surface area contributed by atoms with E-state index in [1.807, 2.05) is 47.0 Å². The van der Waals surface area contributed by atoms with Crippen molar-refractivity contribution in [2.24, 2.45) is 0 Å². The predicted octanol–water partition coefficient (Wildman–Crippen LogP) is 4.35. The van der Waals surface area contributed by atoms with E-state index in [9.17, 15) is 9.59 Å². The zero-order valence-electron chi connectivity index (χ0n) is 19.5. The SMILES string of the molecule is CCN(CC)CCn1c2c(c(SCC(=O)Nc3cccc4ccccc34)nc1=O)CCCC2. The molecule has 0 unspecified atom stereocenters. The van der Waals surface area contributed by atoms with Gasteiger partial charge in [0.05, 0.1) is 5.75 Å². The molecule has 0 saturated carbocycles. The monoisotopic (exact) mass is 464 g/mol. The molecule has 174 valence electrons. The lowest BCUT2D eigenvalue weighted by molar-refractivity contribution is -0.113. The molecule has 1 heterocycles. The Bertz CT molecular complexity index is 1180. The molecule has 1 N–H and O–H groups in total. The molecule has 0 saturated heterocycles. The molecule has 3 aromatic rings. The Morgan fingerprint density at radius 1 is 1.09 bits per heavy atom. The minimum Gasteiger partial charge on any atom is -0.325 e. The van der Waals surface area contributed by atoms with Crippen molar-refractivity contribution in [1.29, 1.82) is 0 Å². The minimum atomic E-state index is -0.195. The number of carbonyl (C=O) groups is 1. The van der Waals surface area contributed by atoms with Gasteiger partial charge in [0.1, 0.15) is 5.03 Å². The van der Waals surface area contributed by atoms with Crippen LogP contribution in [0, 0.1) is 0 Å². The summed E-state index contributed by atoms with van der Waals surface area (Å²) in [5.41, 5.74) is 2.88. The first-order valence-corrected chi connectivity index (χ1v) is 12.8. The van der Waals surface area contributed by atoms with Crippen molar-refractivity contribution in [3.63, 3.8) is 0 Å². The Balaban J connectivity index is 1.49. The summed E-state index contributed by atoms with van der Waals surface area (Å²) in [4.78, 5) is 32.4. The standard InChI is InChI=1S/C26H32N4O2S/c1-3-29(4-2)16-17-30-23-15-8-7-13-21(23)25(28-26(30)32)33-18-24(31)27-22-14-9-11-19-10-5-6-12-20(19)22/h5-6,9-12,14H,3-4,7-8,13,15-18H2,1-2H3,(H,27,31). The summed E-state index contributed by atoms with van der Waals surface area (Å²) in [6.45, 7) is 7.75. The number of benzene rings is 2. The first-order chi connectivity index (χ1) is 16.1. The first-order valence-electron chi connectivity index (χ1n) is 11.9. The molecule has 7 heteroatoms. The van der Waals surface area contributed by atoms with Crippen molar-refractivity contribution in [3.05, 3.63) is 64.2 Å². The van der Waals surface area contributed by atoms with E-state index in [0.717, 1.165) is 78.1 Å². The van der Waals surface area contributed by atoms with Crippen molar-refractivity contribution in [3.8, 4) is 0 Å². The maximum atomic E-state index is 12.9. The molecular weight excluding hydrogens is 432 g/mol. The van der Waals surface area contributed by atoms with Crippen LogP contribution in [-0.4, -0.2) is 45.7 Å². The van der Waals surface area contributed by atoms with E-state index in [-0.39, 0.29) is 17.3 Å². The molecule has 4 rings (SSSR count). The topological polar surface area (TPSA) is 67.2 Å². The molecule has 0 radical (unpaired) electrons. The maximum Gasteiger partial charge on any atom is 0.348 e. The zero-order valence-corrected chi connectivity index (χ0v) is 20.3. The molecule has 0 bridgehead atoms. The molecule has 1 amide bonds. The number of carbonyl (C=O) groups excluding carboxylic acids is 1. The van der Waals surface area contributed by atoms with Gasteiger partial charge in [0.15, 0.2) is 0 Å². The van der Waals surface area contributed by atoms with Gasteiger partial charge in [-0.2, -0.15) is 4.98 Å². The van der Waals surface area contributed by atoms with Gasteiger partial charge in [-0.3, -0.25) is 9.36 Å². The largest absolute Gasteiger partial charge is 0.348 e. The van der Waals surface area contributed by atoms with E-state index >= 15 is 0 Å². The molecule has 2 aromatic carbocycles. The van der Waals surface area contributed by atoms with Crippen molar-refractivity contribution in [2.75, 3.05) is 30.7 Å². The number of amides is 1. The van der Waals surface area contributed by atoms with Crippen LogP contribution in [0.2, 0.25) is 0 Å². The maximum absolute atomic E-state index is 12.9. The normalized spacial score (nSPS) is 13.3. The summed E-state index contributed by atoms with van der Waals surface area (Å²) in [6.07, 6.45) is 4.01. The van der Waals surface area contributed by atoms with Crippen molar-refractivity contribution >= 4 is 34.1 Å². The highest BCUT2D eigenvalue weighted by Crippen LogP contribution is 2.29. The van der Waals surface area contributed by atoms with E-state index in [1.54, 1.807) is 0 Å². The Morgan fingerprint density at radius 3 is 2.67 bits per heavy atom. The number of nitrogens with zero attached hydrogens (tertiary/aromatic N) is 3. The van der Waals surface area contributed by atoms with Crippen LogP contribution in [0.15, 0.2) is 52.3 Å². The van der Waals surface area contributed by atoms with E-state index in [4.69, 9.17) is 0 Å². The molecule has 0 atom stereocenters. The Kier molecular flexibility index (Phi) is 7.83. The van der Waals surface area contributed by atoms with Crippen LogP contribution in [0.3, 0.4) is 0 Å². The highest BCUT2D eigenvalue weighted by atomic mass is 32.2. The lowest BCUT2D eigenvalue weighted by atomic mass is 9.97. The third-order valence-electron chi connectivity index (χ3n) is 6.39. The quantitative estimate of drug-likeness (QED) is 0.377. The second kappa shape index (κ2) is 11.0. The Labute approximate surface area is 199 Å². The van der Waals surface area contributed by atoms with Gasteiger partial charge < -0.3 is 10.2 Å². The lowest BCUT2D eigenvalue weighted by Crippen LogP contribution is -2.35. The number of rotatable bonds is 9. The first kappa shape index (κ1) is 23.5. The fourth-order valence-corrected chi connectivity index (χ4v) is 5.41. The second-order valence-corrected chi connectivity index (χ2v) is 9.34. The van der Waals surface area contributed by atoms with Crippen LogP contribution < -0.4 is 11.0 Å². The summed E-state index contributed by atoms with van der Waals surface area (Å²) in [5, 5.41) is 5.86. The van der Waals surface area contributed by atoms with Crippen LogP contribution in [0.5, 0.6) is 0 Å². The summed E-state index contributed by atoms with van der Waals surface area (Å²) >= 11 is 1.38. The van der Waals surface area contributed by atoms with Gasteiger partial charge >= 0.3 is 5.69 Å². The molecule has 6 nitrogen and oxygen atoms in total. The summed E-state index contributed by atoms with van der Waals surface area (Å²) < 4.78 is 1.87.